The molecule has 5 aliphatic heterocycles. The quantitative estimate of drug-likeness (QED) is 0.0567. The number of benzene rings is 5. The molecule has 2 amide bonds. The van der Waals surface area contributed by atoms with E-state index in [1.807, 2.05) is 147 Å². The Hall–Kier alpha value is -12.0. The number of amides is 2. The summed E-state index contributed by atoms with van der Waals surface area (Å²) in [6.45, 7) is 18.7. The van der Waals surface area contributed by atoms with Gasteiger partial charge in [-0.05, 0) is 218 Å². The van der Waals surface area contributed by atoms with E-state index in [1.54, 1.807) is 24.8 Å². The summed E-state index contributed by atoms with van der Waals surface area (Å²) >= 11 is 18.1. The first kappa shape index (κ1) is 86.5. The molecule has 646 valence electrons. The smallest absolute Gasteiger partial charge is 0.245 e. The van der Waals surface area contributed by atoms with E-state index >= 15 is 0 Å². The van der Waals surface area contributed by atoms with Crippen LogP contribution in [0.15, 0.2) is 220 Å². The first-order valence-electron chi connectivity index (χ1n) is 43.5. The van der Waals surface area contributed by atoms with Crippen LogP contribution in [-0.4, -0.2) is 203 Å². The highest BCUT2D eigenvalue weighted by Gasteiger charge is 2.36. The number of anilines is 4. The number of aromatic nitrogens is 13. The van der Waals surface area contributed by atoms with Crippen molar-refractivity contribution in [2.75, 3.05) is 125 Å². The van der Waals surface area contributed by atoms with Crippen molar-refractivity contribution < 1.29 is 19.4 Å². The molecule has 2 unspecified atom stereocenters. The molecule has 0 bridgehead atoms. The highest BCUT2D eigenvalue weighted by atomic mass is 35.5. The fourth-order valence-corrected chi connectivity index (χ4v) is 17.7. The average Bonchev–Trinajstić information content (AvgIpc) is 1.64. The molecule has 5 fully saturated rings. The molecule has 5 aromatic carbocycles. The van der Waals surface area contributed by atoms with Gasteiger partial charge in [0.05, 0.1) is 101 Å². The van der Waals surface area contributed by atoms with Gasteiger partial charge in [0.15, 0.2) is 17.5 Å². The number of nitrogens with two attached hydrogens (primary N) is 1. The number of nitrogens with one attached hydrogen (secondary N) is 3. The van der Waals surface area contributed by atoms with Crippen LogP contribution in [0, 0.1) is 13.8 Å². The van der Waals surface area contributed by atoms with Crippen LogP contribution < -0.4 is 41.3 Å². The van der Waals surface area contributed by atoms with E-state index in [4.69, 9.17) is 60.6 Å². The van der Waals surface area contributed by atoms with Crippen LogP contribution in [0.4, 0.5) is 23.1 Å². The molecule has 0 spiro atoms. The van der Waals surface area contributed by atoms with E-state index in [-0.39, 0.29) is 29.6 Å². The van der Waals surface area contributed by atoms with Gasteiger partial charge < -0.3 is 65.2 Å². The number of carbonyl (C=O) groups is 2. The number of ether oxygens (including phenoxy) is 1. The normalized spacial score (nSPS) is 16.2. The number of nitrogens with zero attached hydrogens (tertiary/aromatic N) is 18. The molecular weight excluding hydrogens is 1630 g/mol. The average molecular weight is 1740 g/mol. The number of rotatable bonds is 17. The number of carbonyl (C=O) groups excluding carboxylic acids is 2. The predicted molar refractivity (Wildman–Crippen MR) is 502 cm³/mol. The highest BCUT2D eigenvalue weighted by Crippen LogP contribution is 2.41. The van der Waals surface area contributed by atoms with Crippen molar-refractivity contribution in [2.24, 2.45) is 5.73 Å². The number of pyridine rings is 5. The van der Waals surface area contributed by atoms with E-state index in [0.717, 1.165) is 237 Å². The van der Waals surface area contributed by atoms with E-state index in [9.17, 15) is 14.7 Å². The summed E-state index contributed by atoms with van der Waals surface area (Å²) in [7, 11) is 2.09. The van der Waals surface area contributed by atoms with Gasteiger partial charge in [-0.3, -0.25) is 34.5 Å². The molecule has 0 aliphatic carbocycles. The number of hydrogen-bond donors (Lipinski definition) is 5. The molecule has 5 aliphatic rings. The highest BCUT2D eigenvalue weighted by molar-refractivity contribution is 6.31. The van der Waals surface area contributed by atoms with Gasteiger partial charge in [-0.2, -0.15) is 0 Å². The summed E-state index contributed by atoms with van der Waals surface area (Å²) in [5.74, 6) is 3.64. The fourth-order valence-electron chi connectivity index (χ4n) is 17.3. The summed E-state index contributed by atoms with van der Waals surface area (Å²) in [5, 5.41) is 42.1. The third-order valence-corrected chi connectivity index (χ3v) is 24.6. The van der Waals surface area contributed by atoms with Crippen molar-refractivity contribution in [2.45, 2.75) is 103 Å². The number of morpholine rings is 1. The van der Waals surface area contributed by atoms with E-state index in [2.05, 4.69) is 164 Å². The van der Waals surface area contributed by atoms with Crippen LogP contribution in [-0.2, 0) is 14.3 Å². The van der Waals surface area contributed by atoms with Gasteiger partial charge in [0.25, 0.3) is 0 Å². The summed E-state index contributed by atoms with van der Waals surface area (Å²) < 4.78 is 15.5. The Morgan fingerprint density at radius 1 is 0.512 bits per heavy atom. The minimum Gasteiger partial charge on any atom is -0.506 e. The van der Waals surface area contributed by atoms with Crippen LogP contribution >= 0.6 is 34.8 Å². The summed E-state index contributed by atoms with van der Waals surface area (Å²) in [6, 6.07) is 47.6. The first-order chi connectivity index (χ1) is 61.2. The number of aryl methyl sites for hydroxylation is 2. The molecule has 15 aromatic rings. The molecule has 0 radical (unpaired) electrons. The number of piperazine rings is 1. The molecule has 5 saturated heterocycles. The molecule has 2 atom stereocenters. The van der Waals surface area contributed by atoms with Crippen LogP contribution in [0.1, 0.15) is 93.7 Å². The second kappa shape index (κ2) is 40.8. The number of hydrogen-bond acceptors (Lipinski definition) is 19. The maximum atomic E-state index is 13.4. The Morgan fingerprint density at radius 3 is 1.51 bits per heavy atom. The maximum Gasteiger partial charge on any atom is 0.245 e. The maximum absolute atomic E-state index is 13.4. The summed E-state index contributed by atoms with van der Waals surface area (Å²) in [5.41, 5.74) is 20.6. The van der Waals surface area contributed by atoms with Gasteiger partial charge in [0.2, 0.25) is 11.8 Å². The van der Waals surface area contributed by atoms with Gasteiger partial charge in [0.1, 0.15) is 17.8 Å². The summed E-state index contributed by atoms with van der Waals surface area (Å²) in [6.07, 6.45) is 32.8. The largest absolute Gasteiger partial charge is 0.506 e. The molecule has 125 heavy (non-hydrogen) atoms. The van der Waals surface area contributed by atoms with Crippen LogP contribution in [0.5, 0.6) is 5.75 Å². The molecule has 10 aromatic heterocycles. The van der Waals surface area contributed by atoms with Crippen LogP contribution in [0.25, 0.3) is 83.0 Å². The van der Waals surface area contributed by atoms with Crippen molar-refractivity contribution in [1.82, 2.24) is 84.2 Å². The molecule has 26 nitrogen and oxygen atoms in total. The van der Waals surface area contributed by atoms with Crippen molar-refractivity contribution in [3.05, 3.63) is 252 Å². The molecule has 15 heterocycles. The SMILES string of the molecule is CCCCN(C)c1nn(-c2ccc(Cl)cc2)c2cnccc12.Cc1ccc(-n2cc(C3CCNCC3)c3c(O)cncc32)cc1.Cc1ccc(-n2cc(N3CCOCC3)c3ccncc32)cc1.NCCNC(=O)C1CCCCN1c1nn(-c2ccc(Cl)cc2)c2cnccc12.O=C(C1CCCCN1c1nn(-c2ccc(Cl)cc2)c2cnccc12)N1CCNCC1. The van der Waals surface area contributed by atoms with Gasteiger partial charge in [0, 0.05) is 170 Å². The van der Waals surface area contributed by atoms with E-state index in [1.165, 1.54) is 39.9 Å². The number of piperidine rings is 3. The first-order valence-corrected chi connectivity index (χ1v) is 44.6. The van der Waals surface area contributed by atoms with Gasteiger partial charge in [-0.15, -0.1) is 15.3 Å². The zero-order valence-corrected chi connectivity index (χ0v) is 73.4. The lowest BCUT2D eigenvalue weighted by Gasteiger charge is -2.39. The van der Waals surface area contributed by atoms with E-state index < -0.39 is 0 Å². The van der Waals surface area contributed by atoms with Crippen LogP contribution in [0.2, 0.25) is 15.1 Å². The van der Waals surface area contributed by atoms with Gasteiger partial charge >= 0.3 is 0 Å². The Balaban J connectivity index is 0.000000116. The topological polar surface area (TPSA) is 270 Å². The van der Waals surface area contributed by atoms with E-state index in [0.29, 0.717) is 29.1 Å². The fraction of sp³-hybridized carbons (Fsp3) is 0.333. The lowest BCUT2D eigenvalue weighted by molar-refractivity contribution is -0.133. The Kier molecular flexibility index (Phi) is 28.2. The van der Waals surface area contributed by atoms with Crippen molar-refractivity contribution in [1.29, 1.82) is 0 Å². The van der Waals surface area contributed by atoms with Gasteiger partial charge in [-0.25, -0.2) is 14.0 Å². The Morgan fingerprint density at radius 2 is 0.976 bits per heavy atom. The molecular formula is C96H107Cl3N22O4. The standard InChI is InChI=1S/C22H25ClN6O.C20H23ClN6O.C19H21N3O.C18H19N3O.C17H19ClN4/c23-16-4-6-17(7-5-16)29-20-15-25-9-8-18(20)21(26-29)28-12-2-1-3-19(28)22(30)27-13-10-24-11-14-27;21-14-4-6-15(7-5-14)27-18-13-23-10-8-16(18)19(25-27)26-12-2-1-3-17(26)20(28)24-11-9-22;1-13-2-4-15(5-3-13)22-12-16(14-6-8-20-9-7-14)19-17(22)10-21-11-18(19)23;1-14-2-4-15(5-3-14)21-13-18(20-8-10-22-11-9-20)16-6-7-19-12-17(16)21;1-3-4-11-21(2)17-15-9-10-19-12-16(15)22(20-17)14-7-5-13(18)6-8-14/h4-9,15,19,24H,1-3,10-14H2;4-8,10,13,17H,1-3,9,11-12,22H2,(H,24,28);2-5,10-12,14,20,23H,6-9H2,1H3;2-7,12-13H,8-11H2,1H3;5-10,12H,3-4,11H2,1-2H3. The third-order valence-electron chi connectivity index (χ3n) is 23.9. The minimum absolute atomic E-state index is 0.00778. The number of halogens is 3. The lowest BCUT2D eigenvalue weighted by atomic mass is 9.90. The molecule has 6 N–H and O–H groups in total. The molecule has 20 rings (SSSR count). The zero-order valence-electron chi connectivity index (χ0n) is 71.1. The predicted octanol–water partition coefficient (Wildman–Crippen LogP) is 16.4. The number of unbranched alkanes of at least 4 members (excludes halogenated alkanes) is 1. The number of fused-ring (bicyclic) bond motifs is 5. The monoisotopic (exact) mass is 1740 g/mol. The van der Waals surface area contributed by atoms with Crippen molar-refractivity contribution in [3.8, 4) is 34.2 Å². The second-order valence-corrected chi connectivity index (χ2v) is 33.5. The van der Waals surface area contributed by atoms with Crippen molar-refractivity contribution >= 4 is 124 Å². The molecule has 0 saturated carbocycles. The number of aromatic hydroxyl groups is 1. The van der Waals surface area contributed by atoms with Gasteiger partial charge in [-0.1, -0.05) is 83.5 Å². The Bertz CT molecular complexity index is 6120. The third kappa shape index (κ3) is 19.7. The summed E-state index contributed by atoms with van der Waals surface area (Å²) in [4.78, 5) is 58.4. The second-order valence-electron chi connectivity index (χ2n) is 32.2. The Labute approximate surface area is 742 Å². The lowest BCUT2D eigenvalue weighted by Crippen LogP contribution is -2.55. The minimum atomic E-state index is -0.245. The zero-order chi connectivity index (χ0) is 86.3. The van der Waals surface area contributed by atoms with Crippen LogP contribution in [0.3, 0.4) is 0 Å². The van der Waals surface area contributed by atoms with Crippen molar-refractivity contribution in [3.63, 3.8) is 0 Å². The molecule has 29 heteroatoms.